The van der Waals surface area contributed by atoms with E-state index in [1.807, 2.05) is 56.5 Å². The van der Waals surface area contributed by atoms with Crippen LogP contribution in [0.5, 0.6) is 0 Å². The number of aryl methyl sites for hydroxylation is 2. The lowest BCUT2D eigenvalue weighted by atomic mass is 10.1. The molecular weight excluding hydrogens is 375 g/mol. The van der Waals surface area contributed by atoms with Gasteiger partial charge in [-0.15, -0.1) is 10.2 Å². The lowest BCUT2D eigenvalue weighted by Gasteiger charge is -2.18. The number of benzene rings is 2. The first kappa shape index (κ1) is 20.1. The van der Waals surface area contributed by atoms with E-state index in [0.717, 1.165) is 17.1 Å². The summed E-state index contributed by atoms with van der Waals surface area (Å²) >= 11 is 1.36. The van der Waals surface area contributed by atoms with Gasteiger partial charge in [0.2, 0.25) is 5.91 Å². The molecule has 0 aliphatic rings. The molecule has 7 heteroatoms. The molecule has 3 rings (SSSR count). The number of amides is 1. The van der Waals surface area contributed by atoms with E-state index in [2.05, 4.69) is 15.5 Å². The predicted molar refractivity (Wildman–Crippen MR) is 109 cm³/mol. The minimum absolute atomic E-state index is 0.113. The third-order valence-electron chi connectivity index (χ3n) is 4.47. The molecule has 28 heavy (non-hydrogen) atoms. The number of nitrogens with zero attached hydrogens (tertiary/aromatic N) is 3. The summed E-state index contributed by atoms with van der Waals surface area (Å²) in [6.07, 6.45) is 0. The lowest BCUT2D eigenvalue weighted by molar-refractivity contribution is -0.120. The molecule has 0 fully saturated rings. The maximum Gasteiger partial charge on any atom is 0.233 e. The Bertz CT molecular complexity index is 954. The van der Waals surface area contributed by atoms with E-state index in [1.165, 1.54) is 29.5 Å². The van der Waals surface area contributed by atoms with Gasteiger partial charge < -0.3 is 5.32 Å². The Hall–Kier alpha value is -2.67. The van der Waals surface area contributed by atoms with Crippen LogP contribution in [0.25, 0.3) is 5.69 Å². The number of thioether (sulfide) groups is 1. The van der Waals surface area contributed by atoms with Crippen molar-refractivity contribution in [1.29, 1.82) is 0 Å². The van der Waals surface area contributed by atoms with Crippen LogP contribution >= 0.6 is 11.8 Å². The monoisotopic (exact) mass is 398 g/mol. The Morgan fingerprint density at radius 3 is 2.32 bits per heavy atom. The van der Waals surface area contributed by atoms with E-state index in [-0.39, 0.29) is 23.0 Å². The summed E-state index contributed by atoms with van der Waals surface area (Å²) in [7, 11) is 0. The fourth-order valence-corrected chi connectivity index (χ4v) is 3.71. The average molecular weight is 399 g/mol. The van der Waals surface area contributed by atoms with Crippen LogP contribution in [0, 0.1) is 19.7 Å². The Morgan fingerprint density at radius 2 is 1.68 bits per heavy atom. The van der Waals surface area contributed by atoms with Gasteiger partial charge in [0.15, 0.2) is 5.16 Å². The maximum absolute atomic E-state index is 13.1. The van der Waals surface area contributed by atoms with Gasteiger partial charge in [0.25, 0.3) is 0 Å². The molecule has 0 spiro atoms. The quantitative estimate of drug-likeness (QED) is 0.626. The van der Waals surface area contributed by atoms with Crippen LogP contribution in [0.4, 0.5) is 4.39 Å². The first-order chi connectivity index (χ1) is 13.3. The van der Waals surface area contributed by atoms with E-state index in [1.54, 1.807) is 12.1 Å². The zero-order valence-electron chi connectivity index (χ0n) is 16.3. The van der Waals surface area contributed by atoms with Gasteiger partial charge in [-0.3, -0.25) is 9.36 Å². The number of carbonyl (C=O) groups excluding carboxylic acids is 1. The average Bonchev–Trinajstić information content (AvgIpc) is 3.03. The molecule has 1 N–H and O–H groups in total. The highest BCUT2D eigenvalue weighted by Crippen LogP contribution is 2.26. The molecule has 3 aromatic rings. The molecule has 0 bridgehead atoms. The summed E-state index contributed by atoms with van der Waals surface area (Å²) in [5, 5.41) is 11.7. The van der Waals surface area contributed by atoms with Crippen LogP contribution in [0.3, 0.4) is 0 Å². The second-order valence-electron chi connectivity index (χ2n) is 6.74. The van der Waals surface area contributed by atoms with Gasteiger partial charge >= 0.3 is 0 Å². The standard InChI is InChI=1S/C21H23FN4OS/c1-13-5-11-19(12-6-13)26-16(4)24-25-21(26)28-15(3)20(27)23-14(2)17-7-9-18(22)10-8-17/h5-12,14-15H,1-4H3,(H,23,27)/t14-,15+/m0/s1. The topological polar surface area (TPSA) is 59.8 Å². The molecule has 0 aliphatic heterocycles. The zero-order valence-corrected chi connectivity index (χ0v) is 17.1. The number of hydrogen-bond acceptors (Lipinski definition) is 4. The van der Waals surface area contributed by atoms with Gasteiger partial charge in [0.1, 0.15) is 11.6 Å². The van der Waals surface area contributed by atoms with E-state index < -0.39 is 0 Å². The van der Waals surface area contributed by atoms with Crippen molar-refractivity contribution < 1.29 is 9.18 Å². The van der Waals surface area contributed by atoms with Crippen LogP contribution in [-0.2, 0) is 4.79 Å². The molecule has 0 unspecified atom stereocenters. The van der Waals surface area contributed by atoms with Gasteiger partial charge in [0.05, 0.1) is 11.3 Å². The van der Waals surface area contributed by atoms with E-state index in [0.29, 0.717) is 5.16 Å². The molecule has 1 heterocycles. The summed E-state index contributed by atoms with van der Waals surface area (Å²) in [5.74, 6) is 0.355. The van der Waals surface area contributed by atoms with Crippen LogP contribution in [-0.4, -0.2) is 25.9 Å². The van der Waals surface area contributed by atoms with Crippen LogP contribution < -0.4 is 5.32 Å². The number of nitrogens with one attached hydrogen (secondary N) is 1. The van der Waals surface area contributed by atoms with Gasteiger partial charge in [-0.1, -0.05) is 41.6 Å². The smallest absolute Gasteiger partial charge is 0.233 e. The molecule has 2 atom stereocenters. The molecule has 0 saturated carbocycles. The molecule has 146 valence electrons. The summed E-state index contributed by atoms with van der Waals surface area (Å²) < 4.78 is 15.0. The number of rotatable bonds is 6. The zero-order chi connectivity index (χ0) is 20.3. The summed E-state index contributed by atoms with van der Waals surface area (Å²) in [6.45, 7) is 7.63. The second-order valence-corrected chi connectivity index (χ2v) is 8.05. The molecule has 1 amide bonds. The molecule has 0 saturated heterocycles. The molecule has 2 aromatic carbocycles. The molecular formula is C21H23FN4OS. The number of aromatic nitrogens is 3. The largest absolute Gasteiger partial charge is 0.349 e. The summed E-state index contributed by atoms with van der Waals surface area (Å²) in [4.78, 5) is 12.6. The van der Waals surface area contributed by atoms with Crippen molar-refractivity contribution in [2.45, 2.75) is 44.1 Å². The van der Waals surface area contributed by atoms with Gasteiger partial charge in [-0.2, -0.15) is 0 Å². The first-order valence-electron chi connectivity index (χ1n) is 9.06. The summed E-state index contributed by atoms with van der Waals surface area (Å²) in [5.41, 5.74) is 2.99. The third kappa shape index (κ3) is 4.59. The van der Waals surface area contributed by atoms with Crippen LogP contribution in [0.2, 0.25) is 0 Å². The predicted octanol–water partition coefficient (Wildman–Crippen LogP) is 4.38. The Balaban J connectivity index is 1.70. The first-order valence-corrected chi connectivity index (χ1v) is 9.94. The highest BCUT2D eigenvalue weighted by molar-refractivity contribution is 8.00. The van der Waals surface area contributed by atoms with E-state index in [9.17, 15) is 9.18 Å². The normalized spacial score (nSPS) is 13.2. The molecule has 1 aromatic heterocycles. The SMILES string of the molecule is Cc1ccc(-n2c(C)nnc2S[C@H](C)C(=O)N[C@@H](C)c2ccc(F)cc2)cc1. The molecule has 0 radical (unpaired) electrons. The lowest BCUT2D eigenvalue weighted by Crippen LogP contribution is -2.33. The van der Waals surface area contributed by atoms with Gasteiger partial charge in [0, 0.05) is 5.69 Å². The number of carbonyl (C=O) groups is 1. The third-order valence-corrected chi connectivity index (χ3v) is 5.51. The highest BCUT2D eigenvalue weighted by Gasteiger charge is 2.21. The minimum Gasteiger partial charge on any atom is -0.349 e. The van der Waals surface area contributed by atoms with Gasteiger partial charge in [-0.05, 0) is 57.5 Å². The van der Waals surface area contributed by atoms with E-state index >= 15 is 0 Å². The number of hydrogen-bond donors (Lipinski definition) is 1. The van der Waals surface area contributed by atoms with Crippen molar-refractivity contribution in [1.82, 2.24) is 20.1 Å². The van der Waals surface area contributed by atoms with Crippen LogP contribution in [0.15, 0.2) is 53.7 Å². The Kier molecular flexibility index (Phi) is 6.14. The van der Waals surface area contributed by atoms with Crippen molar-refractivity contribution in [2.75, 3.05) is 0 Å². The van der Waals surface area contributed by atoms with Crippen LogP contribution in [0.1, 0.15) is 36.8 Å². The van der Waals surface area contributed by atoms with Crippen molar-refractivity contribution in [3.63, 3.8) is 0 Å². The van der Waals surface area contributed by atoms with Crippen molar-refractivity contribution in [3.8, 4) is 5.69 Å². The maximum atomic E-state index is 13.1. The summed E-state index contributed by atoms with van der Waals surface area (Å²) in [6, 6.07) is 14.0. The highest BCUT2D eigenvalue weighted by atomic mass is 32.2. The number of halogens is 1. The van der Waals surface area contributed by atoms with Crippen molar-refractivity contribution in [2.24, 2.45) is 0 Å². The van der Waals surface area contributed by atoms with Crippen molar-refractivity contribution >= 4 is 17.7 Å². The fourth-order valence-electron chi connectivity index (χ4n) is 2.79. The van der Waals surface area contributed by atoms with E-state index in [4.69, 9.17) is 0 Å². The fraction of sp³-hybridized carbons (Fsp3) is 0.286. The Morgan fingerprint density at radius 1 is 1.04 bits per heavy atom. The Labute approximate surface area is 168 Å². The second kappa shape index (κ2) is 8.56. The van der Waals surface area contributed by atoms with Gasteiger partial charge in [-0.25, -0.2) is 4.39 Å². The molecule has 0 aliphatic carbocycles. The van der Waals surface area contributed by atoms with Crippen molar-refractivity contribution in [3.05, 3.63) is 71.3 Å². The minimum atomic E-state index is -0.365. The molecule has 5 nitrogen and oxygen atoms in total.